The molecule has 0 bridgehead atoms. The first-order chi connectivity index (χ1) is 13.4. The van der Waals surface area contributed by atoms with E-state index in [4.69, 9.17) is 4.74 Å². The lowest BCUT2D eigenvalue weighted by atomic mass is 10.1. The monoisotopic (exact) mass is 405 g/mol. The van der Waals surface area contributed by atoms with Gasteiger partial charge in [0, 0.05) is 29.4 Å². The average Bonchev–Trinajstić information content (AvgIpc) is 3.27. The molecule has 0 radical (unpaired) electrons. The fraction of sp³-hybridized carbons (Fsp3) is 0.300. The lowest BCUT2D eigenvalue weighted by Crippen LogP contribution is -2.26. The highest BCUT2D eigenvalue weighted by Crippen LogP contribution is 2.22. The Morgan fingerprint density at radius 1 is 1.36 bits per heavy atom. The summed E-state index contributed by atoms with van der Waals surface area (Å²) in [5, 5.41) is 9.05. The molecule has 1 atom stereocenters. The van der Waals surface area contributed by atoms with Crippen molar-refractivity contribution in [2.45, 2.75) is 40.0 Å². The summed E-state index contributed by atoms with van der Waals surface area (Å²) >= 11 is 1.28. The molecule has 1 aromatic carbocycles. The number of carbonyl (C=O) groups excluding carboxylic acids is 1. The predicted octanol–water partition coefficient (Wildman–Crippen LogP) is 4.62. The van der Waals surface area contributed by atoms with E-state index in [9.17, 15) is 13.6 Å². The van der Waals surface area contributed by atoms with E-state index in [2.05, 4.69) is 10.4 Å². The molecule has 0 aliphatic rings. The van der Waals surface area contributed by atoms with Crippen LogP contribution in [0.25, 0.3) is 0 Å². The maximum Gasteiger partial charge on any atom is 0.261 e. The average molecular weight is 405 g/mol. The summed E-state index contributed by atoms with van der Waals surface area (Å²) in [6.45, 7) is 6.76. The van der Waals surface area contributed by atoms with Gasteiger partial charge in [0.15, 0.2) is 11.6 Å². The zero-order valence-corrected chi connectivity index (χ0v) is 16.6. The van der Waals surface area contributed by atoms with Crippen LogP contribution in [0.4, 0.5) is 8.78 Å². The molecular weight excluding hydrogens is 384 g/mol. The number of nitrogens with one attached hydrogen (secondary N) is 1. The largest absolute Gasteiger partial charge is 0.486 e. The number of aromatic nitrogens is 2. The highest BCUT2D eigenvalue weighted by Gasteiger charge is 2.17. The second-order valence-corrected chi connectivity index (χ2v) is 7.29. The Morgan fingerprint density at radius 2 is 2.14 bits per heavy atom. The summed E-state index contributed by atoms with van der Waals surface area (Å²) in [6, 6.07) is 4.67. The van der Waals surface area contributed by atoms with E-state index in [-0.39, 0.29) is 24.3 Å². The third-order valence-electron chi connectivity index (χ3n) is 4.42. The van der Waals surface area contributed by atoms with E-state index in [0.29, 0.717) is 4.88 Å². The van der Waals surface area contributed by atoms with Crippen molar-refractivity contribution in [3.63, 3.8) is 0 Å². The fourth-order valence-electron chi connectivity index (χ4n) is 2.87. The third kappa shape index (κ3) is 4.39. The van der Waals surface area contributed by atoms with E-state index < -0.39 is 11.6 Å². The van der Waals surface area contributed by atoms with Crippen molar-refractivity contribution >= 4 is 17.2 Å². The minimum Gasteiger partial charge on any atom is -0.486 e. The van der Waals surface area contributed by atoms with E-state index in [1.807, 2.05) is 25.5 Å². The molecule has 3 aromatic rings. The van der Waals surface area contributed by atoms with Gasteiger partial charge in [-0.1, -0.05) is 0 Å². The van der Waals surface area contributed by atoms with Crippen LogP contribution in [0.15, 0.2) is 35.8 Å². The van der Waals surface area contributed by atoms with E-state index in [0.717, 1.165) is 35.5 Å². The van der Waals surface area contributed by atoms with Crippen molar-refractivity contribution in [3.05, 3.63) is 69.2 Å². The van der Waals surface area contributed by atoms with Crippen LogP contribution in [0.1, 0.15) is 46.4 Å². The standard InChI is InChI=1S/C20H21F2N3O2S/c1-4-25-13(3)16(9-23-25)12(2)24-20(26)19-7-14(11-28-19)10-27-18-6-5-15(21)8-17(18)22/h5-9,11-12H,4,10H2,1-3H3,(H,24,26). The van der Waals surface area contributed by atoms with Crippen LogP contribution in [-0.2, 0) is 13.2 Å². The van der Waals surface area contributed by atoms with Crippen molar-refractivity contribution < 1.29 is 18.3 Å². The molecule has 1 amide bonds. The molecule has 3 rings (SSSR count). The molecular formula is C20H21F2N3O2S. The molecule has 0 saturated heterocycles. The Labute approximate surface area is 166 Å². The molecule has 0 aliphatic carbocycles. The van der Waals surface area contributed by atoms with Gasteiger partial charge in [-0.2, -0.15) is 5.10 Å². The van der Waals surface area contributed by atoms with Crippen LogP contribution in [0.5, 0.6) is 5.75 Å². The van der Waals surface area contributed by atoms with Gasteiger partial charge in [0.1, 0.15) is 12.4 Å². The molecule has 1 N–H and O–H groups in total. The van der Waals surface area contributed by atoms with Crippen LogP contribution in [-0.4, -0.2) is 15.7 Å². The first-order valence-electron chi connectivity index (χ1n) is 8.87. The Morgan fingerprint density at radius 3 is 2.82 bits per heavy atom. The maximum absolute atomic E-state index is 13.6. The van der Waals surface area contributed by atoms with Gasteiger partial charge < -0.3 is 10.1 Å². The number of halogens is 2. The molecule has 1 unspecified atom stereocenters. The molecule has 0 spiro atoms. The molecule has 8 heteroatoms. The smallest absolute Gasteiger partial charge is 0.261 e. The molecule has 0 saturated carbocycles. The summed E-state index contributed by atoms with van der Waals surface area (Å²) in [5.41, 5.74) is 2.74. The SMILES string of the molecule is CCn1ncc(C(C)NC(=O)c2cc(COc3ccc(F)cc3F)cs2)c1C. The Balaban J connectivity index is 1.61. The number of thiophene rings is 1. The van der Waals surface area contributed by atoms with Crippen LogP contribution in [0, 0.1) is 18.6 Å². The summed E-state index contributed by atoms with van der Waals surface area (Å²) in [5.74, 6) is -1.64. The number of rotatable bonds is 7. The maximum atomic E-state index is 13.6. The van der Waals surface area contributed by atoms with Crippen LogP contribution >= 0.6 is 11.3 Å². The molecule has 2 heterocycles. The lowest BCUT2D eigenvalue weighted by molar-refractivity contribution is 0.0944. The zero-order valence-electron chi connectivity index (χ0n) is 15.8. The van der Waals surface area contributed by atoms with Crippen molar-refractivity contribution in [3.8, 4) is 5.75 Å². The number of carbonyl (C=O) groups is 1. The number of hydrogen-bond donors (Lipinski definition) is 1. The van der Waals surface area contributed by atoms with Gasteiger partial charge in [-0.25, -0.2) is 8.78 Å². The number of ether oxygens (including phenoxy) is 1. The Hall–Kier alpha value is -2.74. The van der Waals surface area contributed by atoms with Crippen molar-refractivity contribution in [2.75, 3.05) is 0 Å². The molecule has 0 aliphatic heterocycles. The first kappa shape index (κ1) is 20.0. The predicted molar refractivity (Wildman–Crippen MR) is 104 cm³/mol. The highest BCUT2D eigenvalue weighted by molar-refractivity contribution is 7.12. The number of hydrogen-bond acceptors (Lipinski definition) is 4. The number of aryl methyl sites for hydroxylation is 1. The van der Waals surface area contributed by atoms with Crippen LogP contribution in [0.2, 0.25) is 0 Å². The lowest BCUT2D eigenvalue weighted by Gasteiger charge is -2.13. The minimum atomic E-state index is -0.759. The Kier molecular flexibility index (Phi) is 6.08. The normalized spacial score (nSPS) is 12.0. The van der Waals surface area contributed by atoms with Gasteiger partial charge >= 0.3 is 0 Å². The van der Waals surface area contributed by atoms with Crippen LogP contribution in [0.3, 0.4) is 0 Å². The quantitative estimate of drug-likeness (QED) is 0.624. The summed E-state index contributed by atoms with van der Waals surface area (Å²) in [4.78, 5) is 13.1. The summed E-state index contributed by atoms with van der Waals surface area (Å²) < 4.78 is 33.8. The molecule has 148 valence electrons. The van der Waals surface area contributed by atoms with E-state index in [1.165, 1.54) is 17.4 Å². The Bertz CT molecular complexity index is 984. The topological polar surface area (TPSA) is 56.2 Å². The van der Waals surface area contributed by atoms with Crippen molar-refractivity contribution in [1.82, 2.24) is 15.1 Å². The molecule has 28 heavy (non-hydrogen) atoms. The van der Waals surface area contributed by atoms with E-state index >= 15 is 0 Å². The fourth-order valence-corrected chi connectivity index (χ4v) is 3.67. The van der Waals surface area contributed by atoms with Gasteiger partial charge in [0.25, 0.3) is 5.91 Å². The van der Waals surface area contributed by atoms with Gasteiger partial charge in [0.2, 0.25) is 0 Å². The number of amides is 1. The number of nitrogens with zero attached hydrogens (tertiary/aromatic N) is 2. The molecule has 2 aromatic heterocycles. The second-order valence-electron chi connectivity index (χ2n) is 6.38. The second kappa shape index (κ2) is 8.52. The first-order valence-corrected chi connectivity index (χ1v) is 9.75. The van der Waals surface area contributed by atoms with Crippen molar-refractivity contribution in [1.29, 1.82) is 0 Å². The highest BCUT2D eigenvalue weighted by atomic mass is 32.1. The summed E-state index contributed by atoms with van der Waals surface area (Å²) in [6.07, 6.45) is 1.77. The third-order valence-corrected chi connectivity index (χ3v) is 5.40. The van der Waals surface area contributed by atoms with Crippen LogP contribution < -0.4 is 10.1 Å². The number of benzene rings is 1. The van der Waals surface area contributed by atoms with Gasteiger partial charge in [-0.05, 0) is 44.4 Å². The van der Waals surface area contributed by atoms with E-state index in [1.54, 1.807) is 17.6 Å². The zero-order chi connectivity index (χ0) is 20.3. The van der Waals surface area contributed by atoms with Gasteiger partial charge in [0.05, 0.1) is 17.1 Å². The van der Waals surface area contributed by atoms with Crippen molar-refractivity contribution in [2.24, 2.45) is 0 Å². The van der Waals surface area contributed by atoms with Gasteiger partial charge in [-0.15, -0.1) is 11.3 Å². The van der Waals surface area contributed by atoms with Gasteiger partial charge in [-0.3, -0.25) is 9.48 Å². The summed E-state index contributed by atoms with van der Waals surface area (Å²) in [7, 11) is 0. The molecule has 0 fully saturated rings. The molecule has 5 nitrogen and oxygen atoms in total. The minimum absolute atomic E-state index is 0.0318.